The molecule has 0 saturated carbocycles. The standard InChI is InChI=1S/C17H17F5O3Si/c1-9(2)25-26(23-3,24-4)11-7-5-10(6-8-11)12-13(18)15(20)17(22)16(21)14(12)19/h5-9H,1-4H3. The van der Waals surface area contributed by atoms with Gasteiger partial charge < -0.3 is 13.3 Å². The van der Waals surface area contributed by atoms with Gasteiger partial charge in [-0.1, -0.05) is 24.3 Å². The van der Waals surface area contributed by atoms with Gasteiger partial charge in [0.15, 0.2) is 23.3 Å². The van der Waals surface area contributed by atoms with Crippen molar-refractivity contribution in [3.8, 4) is 11.1 Å². The molecular weight excluding hydrogens is 375 g/mol. The molecule has 2 rings (SSSR count). The van der Waals surface area contributed by atoms with Gasteiger partial charge in [-0.15, -0.1) is 0 Å². The molecule has 0 radical (unpaired) electrons. The Morgan fingerprint density at radius 1 is 0.731 bits per heavy atom. The summed E-state index contributed by atoms with van der Waals surface area (Å²) in [7, 11) is -0.462. The first kappa shape index (κ1) is 20.5. The van der Waals surface area contributed by atoms with E-state index in [4.69, 9.17) is 13.3 Å². The molecule has 0 saturated heterocycles. The molecule has 0 spiro atoms. The van der Waals surface area contributed by atoms with E-state index in [-0.39, 0.29) is 11.7 Å². The van der Waals surface area contributed by atoms with Gasteiger partial charge >= 0.3 is 8.80 Å². The largest absolute Gasteiger partial charge is 0.536 e. The van der Waals surface area contributed by atoms with Crippen molar-refractivity contribution in [1.29, 1.82) is 0 Å². The van der Waals surface area contributed by atoms with Crippen LogP contribution in [0.25, 0.3) is 11.1 Å². The van der Waals surface area contributed by atoms with Crippen molar-refractivity contribution in [2.45, 2.75) is 20.0 Å². The molecule has 0 unspecified atom stereocenters. The van der Waals surface area contributed by atoms with Gasteiger partial charge in [0, 0.05) is 25.5 Å². The Kier molecular flexibility index (Phi) is 6.17. The number of hydrogen-bond acceptors (Lipinski definition) is 3. The minimum atomic E-state index is -3.26. The molecule has 0 fully saturated rings. The Balaban J connectivity index is 2.55. The second-order valence-electron chi connectivity index (χ2n) is 5.65. The van der Waals surface area contributed by atoms with Crippen LogP contribution in [-0.2, 0) is 13.3 Å². The Morgan fingerprint density at radius 2 is 1.15 bits per heavy atom. The van der Waals surface area contributed by atoms with Crippen molar-refractivity contribution in [2.24, 2.45) is 0 Å². The van der Waals surface area contributed by atoms with E-state index in [2.05, 4.69) is 0 Å². The lowest BCUT2D eigenvalue weighted by atomic mass is 10.0. The Hall–Kier alpha value is -1.81. The van der Waals surface area contributed by atoms with E-state index in [0.29, 0.717) is 5.19 Å². The molecule has 0 N–H and O–H groups in total. The molecular formula is C17H17F5O3Si. The molecule has 0 aliphatic heterocycles. The fraction of sp³-hybridized carbons (Fsp3) is 0.294. The first-order valence-corrected chi connectivity index (χ1v) is 9.31. The second-order valence-corrected chi connectivity index (χ2v) is 8.40. The third-order valence-corrected chi connectivity index (χ3v) is 6.56. The highest BCUT2D eigenvalue weighted by atomic mass is 28.4. The van der Waals surface area contributed by atoms with Crippen LogP contribution in [0.5, 0.6) is 0 Å². The smallest absolute Gasteiger partial charge is 0.373 e. The summed E-state index contributed by atoms with van der Waals surface area (Å²) in [6.07, 6.45) is -0.226. The Labute approximate surface area is 148 Å². The quantitative estimate of drug-likeness (QED) is 0.323. The van der Waals surface area contributed by atoms with Gasteiger partial charge in [-0.05, 0) is 19.4 Å². The van der Waals surface area contributed by atoms with Gasteiger partial charge in [-0.2, -0.15) is 0 Å². The van der Waals surface area contributed by atoms with Gasteiger partial charge in [0.25, 0.3) is 0 Å². The highest BCUT2D eigenvalue weighted by Gasteiger charge is 2.43. The van der Waals surface area contributed by atoms with Crippen LogP contribution in [-0.4, -0.2) is 29.1 Å². The lowest BCUT2D eigenvalue weighted by molar-refractivity contribution is 0.0838. The average molecular weight is 392 g/mol. The second kappa shape index (κ2) is 7.83. The van der Waals surface area contributed by atoms with Crippen molar-refractivity contribution in [3.63, 3.8) is 0 Å². The zero-order chi connectivity index (χ0) is 19.6. The summed E-state index contributed by atoms with van der Waals surface area (Å²) in [5, 5.41) is 0.476. The monoisotopic (exact) mass is 392 g/mol. The molecule has 0 amide bonds. The van der Waals surface area contributed by atoms with E-state index in [1.54, 1.807) is 13.8 Å². The van der Waals surface area contributed by atoms with Crippen molar-refractivity contribution in [3.05, 3.63) is 53.4 Å². The molecule has 142 valence electrons. The van der Waals surface area contributed by atoms with Crippen LogP contribution in [0.15, 0.2) is 24.3 Å². The molecule has 0 aliphatic rings. The van der Waals surface area contributed by atoms with E-state index < -0.39 is 43.5 Å². The normalized spacial score (nSPS) is 12.1. The Morgan fingerprint density at radius 3 is 1.54 bits per heavy atom. The first-order chi connectivity index (χ1) is 12.2. The van der Waals surface area contributed by atoms with Gasteiger partial charge in [0.05, 0.1) is 5.56 Å². The minimum Gasteiger partial charge on any atom is -0.373 e. The maximum absolute atomic E-state index is 13.9. The molecule has 26 heavy (non-hydrogen) atoms. The fourth-order valence-electron chi connectivity index (χ4n) is 2.49. The van der Waals surface area contributed by atoms with E-state index in [9.17, 15) is 22.0 Å². The summed E-state index contributed by atoms with van der Waals surface area (Å²) in [5.74, 6) is -9.98. The zero-order valence-electron chi connectivity index (χ0n) is 14.5. The van der Waals surface area contributed by atoms with E-state index in [1.165, 1.54) is 38.5 Å². The highest BCUT2D eigenvalue weighted by molar-refractivity contribution is 6.75. The molecule has 9 heteroatoms. The summed E-state index contributed by atoms with van der Waals surface area (Å²) in [5.41, 5.74) is -1.18. The lowest BCUT2D eigenvalue weighted by Crippen LogP contribution is -2.56. The van der Waals surface area contributed by atoms with Gasteiger partial charge in [0.2, 0.25) is 5.82 Å². The molecule has 2 aromatic carbocycles. The first-order valence-electron chi connectivity index (χ1n) is 7.59. The van der Waals surface area contributed by atoms with Crippen LogP contribution in [0.2, 0.25) is 0 Å². The van der Waals surface area contributed by atoms with Crippen molar-refractivity contribution in [2.75, 3.05) is 14.2 Å². The Bertz CT molecular complexity index is 763. The van der Waals surface area contributed by atoms with Crippen LogP contribution in [0, 0.1) is 29.1 Å². The van der Waals surface area contributed by atoms with Crippen LogP contribution in [0.1, 0.15) is 13.8 Å². The topological polar surface area (TPSA) is 27.7 Å². The molecule has 0 aromatic heterocycles. The fourth-order valence-corrected chi connectivity index (χ4v) is 4.66. The molecule has 2 aromatic rings. The van der Waals surface area contributed by atoms with Gasteiger partial charge in [-0.3, -0.25) is 0 Å². The molecule has 0 heterocycles. The molecule has 0 atom stereocenters. The van der Waals surface area contributed by atoms with Crippen molar-refractivity contribution >= 4 is 14.0 Å². The third kappa shape index (κ3) is 3.52. The van der Waals surface area contributed by atoms with Crippen LogP contribution < -0.4 is 5.19 Å². The summed E-state index contributed by atoms with van der Waals surface area (Å²) >= 11 is 0. The van der Waals surface area contributed by atoms with Crippen LogP contribution in [0.4, 0.5) is 22.0 Å². The summed E-state index contributed by atoms with van der Waals surface area (Å²) < 4.78 is 84.4. The predicted octanol–water partition coefficient (Wildman–Crippen LogP) is 3.91. The van der Waals surface area contributed by atoms with Crippen molar-refractivity contribution in [1.82, 2.24) is 0 Å². The zero-order valence-corrected chi connectivity index (χ0v) is 15.5. The molecule has 0 bridgehead atoms. The summed E-state index contributed by atoms with van der Waals surface area (Å²) in [6.45, 7) is 3.56. The van der Waals surface area contributed by atoms with Gasteiger partial charge in [-0.25, -0.2) is 22.0 Å². The number of halogens is 5. The third-order valence-electron chi connectivity index (χ3n) is 3.67. The van der Waals surface area contributed by atoms with E-state index in [1.807, 2.05) is 0 Å². The number of rotatable bonds is 6. The van der Waals surface area contributed by atoms with Crippen molar-refractivity contribution < 1.29 is 35.2 Å². The van der Waals surface area contributed by atoms with E-state index >= 15 is 0 Å². The van der Waals surface area contributed by atoms with Gasteiger partial charge in [0.1, 0.15) is 0 Å². The highest BCUT2D eigenvalue weighted by Crippen LogP contribution is 2.31. The van der Waals surface area contributed by atoms with Crippen LogP contribution in [0.3, 0.4) is 0 Å². The van der Waals surface area contributed by atoms with E-state index in [0.717, 1.165) is 0 Å². The maximum atomic E-state index is 13.9. The van der Waals surface area contributed by atoms with Crippen LogP contribution >= 0.6 is 0 Å². The predicted molar refractivity (Wildman–Crippen MR) is 87.3 cm³/mol. The number of benzene rings is 2. The molecule has 3 nitrogen and oxygen atoms in total. The summed E-state index contributed by atoms with van der Waals surface area (Å²) in [6, 6.07) is 5.26. The molecule has 0 aliphatic carbocycles. The minimum absolute atomic E-state index is 0.179. The SMILES string of the molecule is CO[Si](OC)(OC(C)C)c1ccc(-c2c(F)c(F)c(F)c(F)c2F)cc1. The maximum Gasteiger partial charge on any atom is 0.536 e. The number of hydrogen-bond donors (Lipinski definition) is 0. The average Bonchev–Trinajstić information content (AvgIpc) is 2.63. The summed E-state index contributed by atoms with van der Waals surface area (Å²) in [4.78, 5) is 0. The lowest BCUT2D eigenvalue weighted by Gasteiger charge is -2.28.